The number of hydrogen-bond donors (Lipinski definition) is 0. The molecule has 0 aliphatic carbocycles. The summed E-state index contributed by atoms with van der Waals surface area (Å²) in [7, 11) is 0. The van der Waals surface area contributed by atoms with Crippen molar-refractivity contribution in [2.75, 3.05) is 0 Å². The van der Waals surface area contributed by atoms with Crippen molar-refractivity contribution in [2.45, 2.75) is 13.8 Å². The molecule has 210 valence electrons. The Morgan fingerprint density at radius 2 is 0.568 bits per heavy atom. The number of rotatable bonds is 6. The summed E-state index contributed by atoms with van der Waals surface area (Å²) in [6.45, 7) is 4.41. The average molecular weight is 565 g/mol. The zero-order valence-corrected chi connectivity index (χ0v) is 24.9. The lowest BCUT2D eigenvalue weighted by atomic mass is 9.90. The quantitative estimate of drug-likeness (QED) is 0.201. The zero-order valence-electron chi connectivity index (χ0n) is 24.9. The van der Waals surface area contributed by atoms with Crippen molar-refractivity contribution in [2.24, 2.45) is 0 Å². The molecule has 2 aromatic heterocycles. The first-order valence-electron chi connectivity index (χ1n) is 15.0. The number of benzene rings is 5. The van der Waals surface area contributed by atoms with Crippen molar-refractivity contribution in [3.63, 3.8) is 0 Å². The van der Waals surface area contributed by atoms with Crippen molar-refractivity contribution in [1.29, 1.82) is 0 Å². The molecule has 0 saturated heterocycles. The van der Waals surface area contributed by atoms with E-state index in [0.29, 0.717) is 0 Å². The second-order valence-corrected chi connectivity index (χ2v) is 11.2. The van der Waals surface area contributed by atoms with Crippen LogP contribution in [-0.2, 0) is 0 Å². The summed E-state index contributed by atoms with van der Waals surface area (Å²) in [4.78, 5) is 10.2. The van der Waals surface area contributed by atoms with E-state index < -0.39 is 0 Å². The molecule has 2 nitrogen and oxygen atoms in total. The topological polar surface area (TPSA) is 25.8 Å². The molecule has 7 aromatic rings. The van der Waals surface area contributed by atoms with Crippen LogP contribution in [0.5, 0.6) is 0 Å². The molecule has 0 saturated carbocycles. The van der Waals surface area contributed by atoms with Crippen LogP contribution in [0.2, 0.25) is 0 Å². The van der Waals surface area contributed by atoms with Gasteiger partial charge in [-0.3, -0.25) is 0 Å². The maximum absolute atomic E-state index is 5.11. The summed E-state index contributed by atoms with van der Waals surface area (Å²) in [6, 6.07) is 55.3. The van der Waals surface area contributed by atoms with Crippen LogP contribution in [0.15, 0.2) is 158 Å². The van der Waals surface area contributed by atoms with Gasteiger partial charge in [0, 0.05) is 22.3 Å². The number of hydrogen-bond acceptors (Lipinski definition) is 2. The summed E-state index contributed by atoms with van der Waals surface area (Å²) >= 11 is 0. The molecule has 0 aliphatic rings. The third kappa shape index (κ3) is 5.58. The van der Waals surface area contributed by atoms with Crippen LogP contribution in [0, 0.1) is 13.8 Å². The lowest BCUT2D eigenvalue weighted by Gasteiger charge is -2.17. The van der Waals surface area contributed by atoms with Gasteiger partial charge in [0.25, 0.3) is 0 Å². The van der Waals surface area contributed by atoms with Crippen LogP contribution in [-0.4, -0.2) is 9.97 Å². The Bertz CT molecular complexity index is 1790. The smallest absolute Gasteiger partial charge is 0.0715 e. The van der Waals surface area contributed by atoms with Gasteiger partial charge < -0.3 is 0 Å². The van der Waals surface area contributed by atoms with E-state index in [1.54, 1.807) is 0 Å². The summed E-state index contributed by atoms with van der Waals surface area (Å²) in [6.07, 6.45) is 0. The largest absolute Gasteiger partial charge is 0.248 e. The summed E-state index contributed by atoms with van der Waals surface area (Å²) in [5.41, 5.74) is 15.4. The molecule has 0 radical (unpaired) electrons. The van der Waals surface area contributed by atoms with Gasteiger partial charge in [-0.15, -0.1) is 0 Å². The maximum Gasteiger partial charge on any atom is 0.0715 e. The zero-order chi connectivity index (χ0) is 29.9. The Kier molecular flexibility index (Phi) is 7.40. The highest BCUT2D eigenvalue weighted by Crippen LogP contribution is 2.38. The molecule has 2 heteroatoms. The number of aryl methyl sites for hydroxylation is 2. The second kappa shape index (κ2) is 11.9. The van der Waals surface area contributed by atoms with E-state index in [0.717, 1.165) is 56.2 Å². The average Bonchev–Trinajstić information content (AvgIpc) is 3.09. The molecule has 5 aromatic carbocycles. The molecule has 0 bridgehead atoms. The van der Waals surface area contributed by atoms with Gasteiger partial charge in [-0.1, -0.05) is 127 Å². The third-order valence-corrected chi connectivity index (χ3v) is 8.12. The molecule has 0 amide bonds. The van der Waals surface area contributed by atoms with Gasteiger partial charge in [0.05, 0.1) is 22.8 Å². The Morgan fingerprint density at radius 3 is 0.841 bits per heavy atom. The fourth-order valence-corrected chi connectivity index (χ4v) is 5.87. The molecule has 0 atom stereocenters. The molecule has 0 aliphatic heterocycles. The Hall–Kier alpha value is -5.60. The van der Waals surface area contributed by atoms with Crippen molar-refractivity contribution >= 4 is 0 Å². The first kappa shape index (κ1) is 27.2. The highest BCUT2D eigenvalue weighted by atomic mass is 14.7. The van der Waals surface area contributed by atoms with Crippen LogP contribution in [0.3, 0.4) is 0 Å². The van der Waals surface area contributed by atoms with Gasteiger partial charge in [-0.05, 0) is 77.6 Å². The Morgan fingerprint density at radius 1 is 0.295 bits per heavy atom. The highest BCUT2D eigenvalue weighted by Gasteiger charge is 2.15. The first-order chi connectivity index (χ1) is 21.6. The fourth-order valence-electron chi connectivity index (χ4n) is 5.87. The molecule has 7 rings (SSSR count). The van der Waals surface area contributed by atoms with E-state index in [2.05, 4.69) is 147 Å². The normalized spacial score (nSPS) is 11.0. The van der Waals surface area contributed by atoms with E-state index in [1.807, 2.05) is 24.3 Å². The van der Waals surface area contributed by atoms with Gasteiger partial charge in [-0.25, -0.2) is 9.97 Å². The van der Waals surface area contributed by atoms with Crippen molar-refractivity contribution in [1.82, 2.24) is 9.97 Å². The van der Waals surface area contributed by atoms with Crippen molar-refractivity contribution in [3.8, 4) is 67.3 Å². The van der Waals surface area contributed by atoms with Crippen molar-refractivity contribution in [3.05, 3.63) is 169 Å². The lowest BCUT2D eigenvalue weighted by molar-refractivity contribution is 1.30. The minimum atomic E-state index is 0.963. The second-order valence-electron chi connectivity index (χ2n) is 11.2. The minimum Gasteiger partial charge on any atom is -0.248 e. The predicted octanol–water partition coefficient (Wildman–Crippen LogP) is 11.1. The summed E-state index contributed by atoms with van der Waals surface area (Å²) in [5, 5.41) is 0. The first-order valence-corrected chi connectivity index (χ1v) is 15.0. The monoisotopic (exact) mass is 564 g/mol. The number of nitrogens with zero attached hydrogens (tertiary/aromatic N) is 2. The van der Waals surface area contributed by atoms with Crippen LogP contribution < -0.4 is 0 Å². The Labute approximate surface area is 259 Å². The Balaban J connectivity index is 1.43. The van der Waals surface area contributed by atoms with Gasteiger partial charge in [0.2, 0.25) is 0 Å². The van der Waals surface area contributed by atoms with E-state index in [9.17, 15) is 0 Å². The van der Waals surface area contributed by atoms with Gasteiger partial charge in [-0.2, -0.15) is 0 Å². The van der Waals surface area contributed by atoms with Crippen molar-refractivity contribution < 1.29 is 0 Å². The van der Waals surface area contributed by atoms with E-state index in [-0.39, 0.29) is 0 Å². The molecular weight excluding hydrogens is 532 g/mol. The molecular formula is C42H32N2. The van der Waals surface area contributed by atoms with Gasteiger partial charge in [0.15, 0.2) is 0 Å². The molecule has 0 fully saturated rings. The summed E-state index contributed by atoms with van der Waals surface area (Å²) in [5.74, 6) is 0. The molecule has 0 unspecified atom stereocenters. The van der Waals surface area contributed by atoms with Crippen LogP contribution in [0.4, 0.5) is 0 Å². The van der Waals surface area contributed by atoms with Crippen LogP contribution in [0.25, 0.3) is 67.3 Å². The molecule has 0 spiro atoms. The molecule has 44 heavy (non-hydrogen) atoms. The number of pyridine rings is 2. The van der Waals surface area contributed by atoms with Gasteiger partial charge in [0.1, 0.15) is 0 Å². The molecule has 0 N–H and O–H groups in total. The third-order valence-electron chi connectivity index (χ3n) is 8.12. The van der Waals surface area contributed by atoms with E-state index in [1.165, 1.54) is 22.3 Å². The predicted molar refractivity (Wildman–Crippen MR) is 184 cm³/mol. The van der Waals surface area contributed by atoms with Crippen LogP contribution in [0.1, 0.15) is 11.1 Å². The standard InChI is InChI=1S/C42H32N2/c1-29-23-30(2)38(36-26-41(33-19-11-5-12-20-33)44-42(27-36)34-21-13-6-14-22-34)28-37(29)35-24-39(31-15-7-3-8-16-31)43-40(25-35)32-17-9-4-10-18-32/h3-28H,1-2H3. The van der Waals surface area contributed by atoms with E-state index >= 15 is 0 Å². The maximum atomic E-state index is 5.11. The fraction of sp³-hybridized carbons (Fsp3) is 0.0476. The lowest BCUT2D eigenvalue weighted by Crippen LogP contribution is -1.96. The van der Waals surface area contributed by atoms with E-state index in [4.69, 9.17) is 9.97 Å². The van der Waals surface area contributed by atoms with Gasteiger partial charge >= 0.3 is 0 Å². The van der Waals surface area contributed by atoms with Crippen LogP contribution >= 0.6 is 0 Å². The minimum absolute atomic E-state index is 0.963. The molecule has 2 heterocycles. The SMILES string of the molecule is Cc1cc(C)c(-c2cc(-c3ccccc3)nc(-c3ccccc3)c2)cc1-c1cc(-c2ccccc2)nc(-c2ccccc2)c1. The highest BCUT2D eigenvalue weighted by molar-refractivity contribution is 5.84. The summed E-state index contributed by atoms with van der Waals surface area (Å²) < 4.78 is 0. The number of aromatic nitrogens is 2.